The molecule has 0 unspecified atom stereocenters. The summed E-state index contributed by atoms with van der Waals surface area (Å²) < 4.78 is 10.7. The number of hydrogen-bond acceptors (Lipinski definition) is 5. The van der Waals surface area contributed by atoms with Crippen molar-refractivity contribution in [1.29, 1.82) is 0 Å². The lowest BCUT2D eigenvalue weighted by Crippen LogP contribution is -2.20. The number of hydrogen-bond donors (Lipinski definition) is 2. The predicted molar refractivity (Wildman–Crippen MR) is 119 cm³/mol. The highest BCUT2D eigenvalue weighted by atomic mass is 32.2. The average molecular weight is 423 g/mol. The summed E-state index contributed by atoms with van der Waals surface area (Å²) in [7, 11) is 1.56. The van der Waals surface area contributed by atoms with E-state index in [2.05, 4.69) is 10.6 Å². The van der Waals surface area contributed by atoms with Crippen molar-refractivity contribution in [2.45, 2.75) is 4.90 Å². The van der Waals surface area contributed by atoms with E-state index in [4.69, 9.17) is 9.47 Å². The van der Waals surface area contributed by atoms with Gasteiger partial charge in [0.25, 0.3) is 5.91 Å². The molecule has 0 heterocycles. The van der Waals surface area contributed by atoms with E-state index in [9.17, 15) is 9.59 Å². The average Bonchev–Trinajstić information content (AvgIpc) is 2.78. The van der Waals surface area contributed by atoms with Crippen molar-refractivity contribution in [1.82, 2.24) is 0 Å². The SMILES string of the molecule is COc1ccccc1NC(=O)CSc1ccc(NC(=O)COc2ccccc2)cc1. The summed E-state index contributed by atoms with van der Waals surface area (Å²) in [6.07, 6.45) is 0. The van der Waals surface area contributed by atoms with Crippen LogP contribution in [0.4, 0.5) is 11.4 Å². The van der Waals surface area contributed by atoms with Crippen molar-refractivity contribution in [2.24, 2.45) is 0 Å². The van der Waals surface area contributed by atoms with E-state index in [1.165, 1.54) is 11.8 Å². The molecule has 0 aliphatic rings. The second kappa shape index (κ2) is 10.9. The number of thioether (sulfide) groups is 1. The minimum atomic E-state index is -0.240. The fourth-order valence-corrected chi connectivity index (χ4v) is 3.28. The van der Waals surface area contributed by atoms with Crippen molar-refractivity contribution in [3.8, 4) is 11.5 Å². The minimum absolute atomic E-state index is 0.0658. The molecule has 3 aromatic rings. The molecule has 0 aliphatic carbocycles. The van der Waals surface area contributed by atoms with Crippen molar-refractivity contribution in [3.63, 3.8) is 0 Å². The van der Waals surface area contributed by atoms with Crippen LogP contribution in [0.5, 0.6) is 11.5 Å². The molecule has 2 amide bonds. The molecule has 0 saturated carbocycles. The first kappa shape index (κ1) is 21.3. The Morgan fingerprint density at radius 2 is 1.53 bits per heavy atom. The number of methoxy groups -OCH3 is 1. The van der Waals surface area contributed by atoms with Gasteiger partial charge in [-0.3, -0.25) is 9.59 Å². The molecule has 3 rings (SSSR count). The van der Waals surface area contributed by atoms with Gasteiger partial charge in [0.1, 0.15) is 11.5 Å². The molecule has 7 heteroatoms. The molecule has 0 aliphatic heterocycles. The largest absolute Gasteiger partial charge is 0.495 e. The molecular formula is C23H22N2O4S. The van der Waals surface area contributed by atoms with Gasteiger partial charge in [0.05, 0.1) is 18.6 Å². The predicted octanol–water partition coefficient (Wildman–Crippen LogP) is 4.44. The maximum absolute atomic E-state index is 12.2. The van der Waals surface area contributed by atoms with E-state index < -0.39 is 0 Å². The number of carbonyl (C=O) groups is 2. The van der Waals surface area contributed by atoms with E-state index in [0.29, 0.717) is 22.9 Å². The molecule has 0 aromatic heterocycles. The zero-order valence-corrected chi connectivity index (χ0v) is 17.3. The molecule has 0 bridgehead atoms. The third-order valence-electron chi connectivity index (χ3n) is 4.00. The third-order valence-corrected chi connectivity index (χ3v) is 5.01. The van der Waals surface area contributed by atoms with Gasteiger partial charge in [-0.05, 0) is 48.5 Å². The summed E-state index contributed by atoms with van der Waals surface area (Å²) in [6.45, 7) is -0.0658. The van der Waals surface area contributed by atoms with Crippen LogP contribution < -0.4 is 20.1 Å². The molecule has 0 atom stereocenters. The van der Waals surface area contributed by atoms with Gasteiger partial charge in [-0.1, -0.05) is 30.3 Å². The topological polar surface area (TPSA) is 76.7 Å². The zero-order valence-electron chi connectivity index (χ0n) is 16.5. The van der Waals surface area contributed by atoms with Gasteiger partial charge in [-0.15, -0.1) is 11.8 Å². The van der Waals surface area contributed by atoms with Crippen LogP contribution in [0.3, 0.4) is 0 Å². The maximum atomic E-state index is 12.2. The second-order valence-electron chi connectivity index (χ2n) is 6.21. The summed E-state index contributed by atoms with van der Waals surface area (Å²) in [6, 6.07) is 23.7. The Bertz CT molecular complexity index is 978. The highest BCUT2D eigenvalue weighted by molar-refractivity contribution is 8.00. The van der Waals surface area contributed by atoms with E-state index in [0.717, 1.165) is 4.90 Å². The van der Waals surface area contributed by atoms with Gasteiger partial charge in [0, 0.05) is 10.6 Å². The van der Waals surface area contributed by atoms with Gasteiger partial charge in [0.15, 0.2) is 6.61 Å². The lowest BCUT2D eigenvalue weighted by atomic mass is 10.3. The van der Waals surface area contributed by atoms with Crippen LogP contribution in [0.1, 0.15) is 0 Å². The Balaban J connectivity index is 1.43. The maximum Gasteiger partial charge on any atom is 0.262 e. The molecule has 2 N–H and O–H groups in total. The summed E-state index contributed by atoms with van der Waals surface area (Å²) >= 11 is 1.41. The molecule has 154 valence electrons. The summed E-state index contributed by atoms with van der Waals surface area (Å²) in [5.41, 5.74) is 1.31. The number of ether oxygens (including phenoxy) is 2. The van der Waals surface area contributed by atoms with Gasteiger partial charge in [-0.25, -0.2) is 0 Å². The number of carbonyl (C=O) groups excluding carboxylic acids is 2. The van der Waals surface area contributed by atoms with Gasteiger partial charge >= 0.3 is 0 Å². The number of nitrogens with one attached hydrogen (secondary N) is 2. The Kier molecular flexibility index (Phi) is 7.74. The Morgan fingerprint density at radius 1 is 0.833 bits per heavy atom. The van der Waals surface area contributed by atoms with Crippen LogP contribution in [-0.2, 0) is 9.59 Å². The molecule has 0 radical (unpaired) electrons. The first-order valence-electron chi connectivity index (χ1n) is 9.27. The van der Waals surface area contributed by atoms with Crippen LogP contribution in [0, 0.1) is 0 Å². The summed E-state index contributed by atoms with van der Waals surface area (Å²) in [5.74, 6) is 1.16. The normalized spacial score (nSPS) is 10.2. The fourth-order valence-electron chi connectivity index (χ4n) is 2.58. The summed E-state index contributed by atoms with van der Waals surface area (Å²) in [5, 5.41) is 5.62. The van der Waals surface area contributed by atoms with Crippen molar-refractivity contribution >= 4 is 35.0 Å². The standard InChI is InChI=1S/C23H22N2O4S/c1-28-21-10-6-5-9-20(21)25-23(27)16-30-19-13-11-17(12-14-19)24-22(26)15-29-18-7-3-2-4-8-18/h2-14H,15-16H2,1H3,(H,24,26)(H,25,27). The molecule has 0 fully saturated rings. The van der Waals surface area contributed by atoms with Crippen LogP contribution >= 0.6 is 11.8 Å². The number of anilines is 2. The smallest absolute Gasteiger partial charge is 0.262 e. The van der Waals surface area contributed by atoms with Crippen LogP contribution in [0.15, 0.2) is 83.8 Å². The lowest BCUT2D eigenvalue weighted by Gasteiger charge is -2.10. The van der Waals surface area contributed by atoms with Gasteiger partial charge in [0.2, 0.25) is 5.91 Å². The monoisotopic (exact) mass is 422 g/mol. The Morgan fingerprint density at radius 3 is 2.27 bits per heavy atom. The molecule has 30 heavy (non-hydrogen) atoms. The summed E-state index contributed by atoms with van der Waals surface area (Å²) in [4.78, 5) is 25.1. The van der Waals surface area contributed by atoms with Crippen LogP contribution in [0.25, 0.3) is 0 Å². The number of rotatable bonds is 9. The molecular weight excluding hydrogens is 400 g/mol. The number of benzene rings is 3. The third kappa shape index (κ3) is 6.56. The minimum Gasteiger partial charge on any atom is -0.495 e. The first-order valence-corrected chi connectivity index (χ1v) is 10.3. The van der Waals surface area contributed by atoms with Crippen molar-refractivity contribution in [3.05, 3.63) is 78.9 Å². The highest BCUT2D eigenvalue weighted by Crippen LogP contribution is 2.24. The quantitative estimate of drug-likeness (QED) is 0.499. The van der Waals surface area contributed by atoms with E-state index in [1.54, 1.807) is 43.5 Å². The van der Waals surface area contributed by atoms with Crippen LogP contribution in [-0.4, -0.2) is 31.3 Å². The van der Waals surface area contributed by atoms with Crippen molar-refractivity contribution < 1.29 is 19.1 Å². The fraction of sp³-hybridized carbons (Fsp3) is 0.130. The van der Waals surface area contributed by atoms with Gasteiger partial charge < -0.3 is 20.1 Å². The number of para-hydroxylation sites is 3. The molecule has 0 saturated heterocycles. The highest BCUT2D eigenvalue weighted by Gasteiger charge is 2.08. The Hall–Kier alpha value is -3.45. The molecule has 6 nitrogen and oxygen atoms in total. The molecule has 3 aromatic carbocycles. The lowest BCUT2D eigenvalue weighted by molar-refractivity contribution is -0.118. The number of amides is 2. The van der Waals surface area contributed by atoms with Crippen LogP contribution in [0.2, 0.25) is 0 Å². The second-order valence-corrected chi connectivity index (χ2v) is 7.26. The zero-order chi connectivity index (χ0) is 21.2. The van der Waals surface area contributed by atoms with Crippen molar-refractivity contribution in [2.75, 3.05) is 30.1 Å². The van der Waals surface area contributed by atoms with E-state index in [1.807, 2.05) is 42.5 Å². The first-order chi connectivity index (χ1) is 14.6. The Labute approximate surface area is 179 Å². The van der Waals surface area contributed by atoms with Gasteiger partial charge in [-0.2, -0.15) is 0 Å². The molecule has 0 spiro atoms. The van der Waals surface area contributed by atoms with E-state index in [-0.39, 0.29) is 24.2 Å². The van der Waals surface area contributed by atoms with E-state index >= 15 is 0 Å².